The molecule has 0 saturated heterocycles. The molecule has 0 aromatic carbocycles. The van der Waals surface area contributed by atoms with E-state index in [1.54, 1.807) is 0 Å². The Hall–Kier alpha value is -0.550. The maximum atomic E-state index is 8.54. The zero-order valence-electron chi connectivity index (χ0n) is 6.38. The molecule has 0 aromatic heterocycles. The van der Waals surface area contributed by atoms with Crippen molar-refractivity contribution in [2.45, 2.75) is 32.2 Å². The van der Waals surface area contributed by atoms with E-state index in [4.69, 9.17) is 11.0 Å². The van der Waals surface area contributed by atoms with E-state index in [-0.39, 0.29) is 6.04 Å². The van der Waals surface area contributed by atoms with Crippen molar-refractivity contribution in [3.05, 3.63) is 0 Å². The first-order chi connectivity index (χ1) is 4.75. The number of nitrogens with two attached hydrogens (primary N) is 1. The normalized spacial score (nSPS) is 35.3. The lowest BCUT2D eigenvalue weighted by molar-refractivity contribution is 0.387. The van der Waals surface area contributed by atoms with Gasteiger partial charge in [-0.1, -0.05) is 19.8 Å². The zero-order valence-corrected chi connectivity index (χ0v) is 6.38. The predicted octanol–water partition coefficient (Wildman–Crippen LogP) is 1.27. The molecule has 0 aliphatic heterocycles. The fraction of sp³-hybridized carbons (Fsp3) is 0.875. The minimum Gasteiger partial charge on any atom is -0.316 e. The Labute approximate surface area is 62.0 Å². The Morgan fingerprint density at radius 2 is 2.30 bits per heavy atom. The van der Waals surface area contributed by atoms with Crippen molar-refractivity contribution in [3.63, 3.8) is 0 Å². The Balaban J connectivity index is 2.48. The van der Waals surface area contributed by atoms with Crippen LogP contribution in [0.5, 0.6) is 0 Å². The van der Waals surface area contributed by atoms with E-state index in [2.05, 4.69) is 13.0 Å². The molecule has 10 heavy (non-hydrogen) atoms. The van der Waals surface area contributed by atoms with Crippen molar-refractivity contribution in [1.82, 2.24) is 0 Å². The van der Waals surface area contributed by atoms with Gasteiger partial charge in [0, 0.05) is 0 Å². The summed E-state index contributed by atoms with van der Waals surface area (Å²) in [7, 11) is 0. The van der Waals surface area contributed by atoms with Crippen molar-refractivity contribution in [1.29, 1.82) is 5.26 Å². The lowest BCUT2D eigenvalue weighted by Crippen LogP contribution is -2.29. The predicted molar refractivity (Wildman–Crippen MR) is 40.1 cm³/mol. The van der Waals surface area contributed by atoms with Crippen molar-refractivity contribution in [2.75, 3.05) is 0 Å². The third-order valence-corrected chi connectivity index (χ3v) is 2.54. The van der Waals surface area contributed by atoms with Gasteiger partial charge in [-0.15, -0.1) is 0 Å². The van der Waals surface area contributed by atoms with Gasteiger partial charge in [-0.2, -0.15) is 5.26 Å². The lowest BCUT2D eigenvalue weighted by Gasteiger charge is -2.16. The van der Waals surface area contributed by atoms with Crippen LogP contribution in [0, 0.1) is 23.2 Å². The van der Waals surface area contributed by atoms with Crippen molar-refractivity contribution >= 4 is 0 Å². The first-order valence-corrected chi connectivity index (χ1v) is 3.91. The smallest absolute Gasteiger partial charge is 0.0959 e. The zero-order chi connectivity index (χ0) is 7.56. The molecule has 0 amide bonds. The molecule has 2 nitrogen and oxygen atoms in total. The van der Waals surface area contributed by atoms with Gasteiger partial charge in [0.2, 0.25) is 0 Å². The van der Waals surface area contributed by atoms with Crippen molar-refractivity contribution in [2.24, 2.45) is 17.6 Å². The quantitative estimate of drug-likeness (QED) is 0.593. The van der Waals surface area contributed by atoms with Crippen molar-refractivity contribution < 1.29 is 0 Å². The third kappa shape index (κ3) is 1.30. The summed E-state index contributed by atoms with van der Waals surface area (Å²) in [5.74, 6) is 1.12. The van der Waals surface area contributed by atoms with Gasteiger partial charge in [0.1, 0.15) is 0 Å². The molecule has 3 atom stereocenters. The van der Waals surface area contributed by atoms with Gasteiger partial charge in [-0.25, -0.2) is 0 Å². The molecule has 0 heterocycles. The molecule has 0 radical (unpaired) electrons. The summed E-state index contributed by atoms with van der Waals surface area (Å²) in [4.78, 5) is 0. The van der Waals surface area contributed by atoms with Gasteiger partial charge in [-0.3, -0.25) is 0 Å². The standard InChI is InChI=1S/C8H14N2/c1-6-3-2-4-7(6)8(10)5-9/h6-8H,2-4,10H2,1H3. The van der Waals surface area contributed by atoms with Crippen LogP contribution in [0.2, 0.25) is 0 Å². The van der Waals surface area contributed by atoms with Crippen LogP contribution in [-0.4, -0.2) is 6.04 Å². The highest BCUT2D eigenvalue weighted by atomic mass is 14.7. The minimum absolute atomic E-state index is 0.225. The molecule has 0 bridgehead atoms. The summed E-state index contributed by atoms with van der Waals surface area (Å²) in [6.45, 7) is 2.19. The van der Waals surface area contributed by atoms with E-state index in [0.717, 1.165) is 6.42 Å². The average Bonchev–Trinajstić information content (AvgIpc) is 2.34. The number of hydrogen-bond acceptors (Lipinski definition) is 2. The maximum Gasteiger partial charge on any atom is 0.0959 e. The SMILES string of the molecule is CC1CCCC1C(N)C#N. The molecule has 0 spiro atoms. The van der Waals surface area contributed by atoms with Gasteiger partial charge < -0.3 is 5.73 Å². The van der Waals surface area contributed by atoms with Crippen molar-refractivity contribution in [3.8, 4) is 6.07 Å². The second-order valence-electron chi connectivity index (χ2n) is 3.23. The molecule has 56 valence electrons. The molecule has 2 N–H and O–H groups in total. The van der Waals surface area contributed by atoms with Crippen LogP contribution in [0.3, 0.4) is 0 Å². The summed E-state index contributed by atoms with van der Waals surface area (Å²) in [6.07, 6.45) is 3.65. The number of nitrogens with zero attached hydrogens (tertiary/aromatic N) is 1. The third-order valence-electron chi connectivity index (χ3n) is 2.54. The largest absolute Gasteiger partial charge is 0.316 e. The highest BCUT2D eigenvalue weighted by Gasteiger charge is 2.28. The molecule has 1 saturated carbocycles. The molecular formula is C8H14N2. The maximum absolute atomic E-state index is 8.54. The molecule has 3 unspecified atom stereocenters. The summed E-state index contributed by atoms with van der Waals surface area (Å²) in [5.41, 5.74) is 5.61. The van der Waals surface area contributed by atoms with Gasteiger partial charge in [-0.05, 0) is 18.3 Å². The van der Waals surface area contributed by atoms with Gasteiger partial charge in [0.15, 0.2) is 0 Å². The fourth-order valence-electron chi connectivity index (χ4n) is 1.80. The molecule has 1 fully saturated rings. The van der Waals surface area contributed by atoms with Crippen LogP contribution < -0.4 is 5.73 Å². The molecular weight excluding hydrogens is 124 g/mol. The van der Waals surface area contributed by atoms with E-state index in [0.29, 0.717) is 11.8 Å². The van der Waals surface area contributed by atoms with E-state index in [1.165, 1.54) is 12.8 Å². The van der Waals surface area contributed by atoms with E-state index in [9.17, 15) is 0 Å². The van der Waals surface area contributed by atoms with E-state index < -0.39 is 0 Å². The number of nitriles is 1. The Morgan fingerprint density at radius 1 is 1.60 bits per heavy atom. The first-order valence-electron chi connectivity index (χ1n) is 3.91. The minimum atomic E-state index is -0.225. The number of rotatable bonds is 1. The summed E-state index contributed by atoms with van der Waals surface area (Å²) in [6, 6.07) is 1.89. The van der Waals surface area contributed by atoms with Crippen LogP contribution in [0.25, 0.3) is 0 Å². The monoisotopic (exact) mass is 138 g/mol. The van der Waals surface area contributed by atoms with Crippen LogP contribution in [0.15, 0.2) is 0 Å². The summed E-state index contributed by atoms with van der Waals surface area (Å²) in [5, 5.41) is 8.54. The highest BCUT2D eigenvalue weighted by molar-refractivity contribution is 4.95. The fourth-order valence-corrected chi connectivity index (χ4v) is 1.80. The van der Waals surface area contributed by atoms with Gasteiger partial charge in [0.05, 0.1) is 12.1 Å². The first kappa shape index (κ1) is 7.56. The molecule has 1 aliphatic rings. The second-order valence-corrected chi connectivity index (χ2v) is 3.23. The van der Waals surface area contributed by atoms with E-state index >= 15 is 0 Å². The van der Waals surface area contributed by atoms with Crippen LogP contribution in [0.1, 0.15) is 26.2 Å². The summed E-state index contributed by atoms with van der Waals surface area (Å²) >= 11 is 0. The average molecular weight is 138 g/mol. The van der Waals surface area contributed by atoms with Gasteiger partial charge in [0.25, 0.3) is 0 Å². The Bertz CT molecular complexity index is 148. The lowest BCUT2D eigenvalue weighted by atomic mass is 9.92. The highest BCUT2D eigenvalue weighted by Crippen LogP contribution is 2.32. The second kappa shape index (κ2) is 3.03. The molecule has 2 heteroatoms. The van der Waals surface area contributed by atoms with Crippen LogP contribution in [-0.2, 0) is 0 Å². The molecule has 0 aromatic rings. The topological polar surface area (TPSA) is 49.8 Å². The Morgan fingerprint density at radius 3 is 2.70 bits per heavy atom. The summed E-state index contributed by atoms with van der Waals surface area (Å²) < 4.78 is 0. The molecule has 1 rings (SSSR count). The Kier molecular flexibility index (Phi) is 2.29. The van der Waals surface area contributed by atoms with Gasteiger partial charge >= 0.3 is 0 Å². The number of hydrogen-bond donors (Lipinski definition) is 1. The van der Waals surface area contributed by atoms with E-state index in [1.807, 2.05) is 0 Å². The molecule has 1 aliphatic carbocycles. The van der Waals surface area contributed by atoms with Crippen LogP contribution >= 0.6 is 0 Å². The van der Waals surface area contributed by atoms with Crippen LogP contribution in [0.4, 0.5) is 0 Å².